The lowest BCUT2D eigenvalue weighted by Gasteiger charge is -2.15. The predicted molar refractivity (Wildman–Crippen MR) is 66.8 cm³/mol. The van der Waals surface area contributed by atoms with Crippen LogP contribution in [0.5, 0.6) is 0 Å². The average Bonchev–Trinajstić information content (AvgIpc) is 2.77. The molecule has 0 unspecified atom stereocenters. The van der Waals surface area contributed by atoms with Crippen LogP contribution in [-0.2, 0) is 16.0 Å². The Morgan fingerprint density at radius 2 is 2.31 bits per heavy atom. The van der Waals surface area contributed by atoms with Crippen molar-refractivity contribution in [1.82, 2.24) is 4.90 Å². The Morgan fingerprint density at radius 1 is 1.50 bits per heavy atom. The van der Waals surface area contributed by atoms with E-state index in [1.54, 1.807) is 11.3 Å². The lowest BCUT2D eigenvalue weighted by atomic mass is 10.2. The fourth-order valence-electron chi connectivity index (χ4n) is 1.38. The van der Waals surface area contributed by atoms with Crippen molar-refractivity contribution in [3.05, 3.63) is 22.4 Å². The maximum Gasteiger partial charge on any atom is 0.307 e. The molecule has 0 atom stereocenters. The van der Waals surface area contributed by atoms with Crippen molar-refractivity contribution in [2.24, 2.45) is 0 Å². The normalized spacial score (nSPS) is 10.7. The van der Waals surface area contributed by atoms with Crippen molar-refractivity contribution in [1.29, 1.82) is 0 Å². The fraction of sp³-hybridized carbons (Fsp3) is 0.583. The van der Waals surface area contributed by atoms with E-state index < -0.39 is 0 Å². The molecule has 0 aliphatic heterocycles. The molecule has 0 saturated heterocycles. The van der Waals surface area contributed by atoms with Gasteiger partial charge in [-0.2, -0.15) is 11.3 Å². The maximum absolute atomic E-state index is 11.1. The topological polar surface area (TPSA) is 29.5 Å². The van der Waals surface area contributed by atoms with Crippen molar-refractivity contribution in [2.45, 2.75) is 19.8 Å². The number of nitrogens with zero attached hydrogens (tertiary/aromatic N) is 1. The molecule has 1 aromatic rings. The number of esters is 1. The summed E-state index contributed by atoms with van der Waals surface area (Å²) in [6.07, 6.45) is 1.52. The predicted octanol–water partition coefficient (Wildman–Crippen LogP) is 2.18. The van der Waals surface area contributed by atoms with Gasteiger partial charge in [0.15, 0.2) is 0 Å². The Balaban J connectivity index is 2.11. The highest BCUT2D eigenvalue weighted by Crippen LogP contribution is 2.07. The Morgan fingerprint density at radius 3 is 2.94 bits per heavy atom. The minimum atomic E-state index is -0.107. The van der Waals surface area contributed by atoms with Crippen LogP contribution in [0.2, 0.25) is 0 Å². The summed E-state index contributed by atoms with van der Waals surface area (Å²) in [5.41, 5.74) is 1.37. The third kappa shape index (κ3) is 5.28. The number of thiophene rings is 1. The van der Waals surface area contributed by atoms with Gasteiger partial charge in [0.05, 0.1) is 13.0 Å². The minimum Gasteiger partial charge on any atom is -0.466 e. The third-order valence-corrected chi connectivity index (χ3v) is 3.10. The number of ether oxygens (including phenoxy) is 1. The second kappa shape index (κ2) is 7.41. The van der Waals surface area contributed by atoms with E-state index in [0.717, 1.165) is 19.5 Å². The van der Waals surface area contributed by atoms with Crippen LogP contribution < -0.4 is 0 Å². The molecule has 0 spiro atoms. The standard InChI is InChI=1S/C12H19NO2S/c1-3-15-12(14)5-8-13(2)7-4-11-6-9-16-10-11/h6,9-10H,3-5,7-8H2,1-2H3. The summed E-state index contributed by atoms with van der Waals surface area (Å²) in [7, 11) is 2.03. The molecule has 1 heterocycles. The van der Waals surface area contributed by atoms with Crippen molar-refractivity contribution in [3.63, 3.8) is 0 Å². The molecule has 0 amide bonds. The van der Waals surface area contributed by atoms with Gasteiger partial charge in [-0.15, -0.1) is 0 Å². The van der Waals surface area contributed by atoms with Crippen LogP contribution in [-0.4, -0.2) is 37.6 Å². The van der Waals surface area contributed by atoms with E-state index in [1.807, 2.05) is 14.0 Å². The summed E-state index contributed by atoms with van der Waals surface area (Å²) in [5, 5.41) is 4.26. The summed E-state index contributed by atoms with van der Waals surface area (Å²) >= 11 is 1.72. The molecule has 0 N–H and O–H groups in total. The highest BCUT2D eigenvalue weighted by molar-refractivity contribution is 7.07. The van der Waals surface area contributed by atoms with Crippen molar-refractivity contribution >= 4 is 17.3 Å². The summed E-state index contributed by atoms with van der Waals surface area (Å²) in [5.74, 6) is -0.107. The highest BCUT2D eigenvalue weighted by atomic mass is 32.1. The highest BCUT2D eigenvalue weighted by Gasteiger charge is 2.05. The first-order valence-corrected chi connectivity index (χ1v) is 6.52. The van der Waals surface area contributed by atoms with Gasteiger partial charge < -0.3 is 9.64 Å². The zero-order valence-electron chi connectivity index (χ0n) is 9.94. The SMILES string of the molecule is CCOC(=O)CCN(C)CCc1ccsc1. The number of hydrogen-bond donors (Lipinski definition) is 0. The molecule has 1 rings (SSSR count). The molecular formula is C12H19NO2S. The molecule has 0 aliphatic carbocycles. The van der Waals surface area contributed by atoms with Crippen molar-refractivity contribution in [2.75, 3.05) is 26.7 Å². The number of carbonyl (C=O) groups is 1. The van der Waals surface area contributed by atoms with Gasteiger partial charge in [-0.05, 0) is 42.8 Å². The summed E-state index contributed by atoms with van der Waals surface area (Å²) < 4.78 is 4.88. The van der Waals surface area contributed by atoms with Gasteiger partial charge in [0, 0.05) is 13.1 Å². The van der Waals surface area contributed by atoms with Gasteiger partial charge in [-0.1, -0.05) is 0 Å². The van der Waals surface area contributed by atoms with Gasteiger partial charge in [0.1, 0.15) is 0 Å². The number of likely N-dealkylation sites (N-methyl/N-ethyl adjacent to an activating group) is 1. The molecule has 3 nitrogen and oxygen atoms in total. The molecular weight excluding hydrogens is 222 g/mol. The van der Waals surface area contributed by atoms with Gasteiger partial charge in [-0.3, -0.25) is 4.79 Å². The Kier molecular flexibility index (Phi) is 6.11. The monoisotopic (exact) mass is 241 g/mol. The van der Waals surface area contributed by atoms with Crippen LogP contribution in [0.1, 0.15) is 18.9 Å². The summed E-state index contributed by atoms with van der Waals surface area (Å²) in [6.45, 7) is 4.05. The molecule has 1 aromatic heterocycles. The molecule has 4 heteroatoms. The first kappa shape index (κ1) is 13.2. The first-order chi connectivity index (χ1) is 7.72. The summed E-state index contributed by atoms with van der Waals surface area (Å²) in [6, 6.07) is 2.14. The van der Waals surface area contributed by atoms with Crippen LogP contribution in [0.15, 0.2) is 16.8 Å². The van der Waals surface area contributed by atoms with Crippen LogP contribution >= 0.6 is 11.3 Å². The van der Waals surface area contributed by atoms with Crippen LogP contribution in [0.25, 0.3) is 0 Å². The largest absolute Gasteiger partial charge is 0.466 e. The van der Waals surface area contributed by atoms with E-state index in [1.165, 1.54) is 5.56 Å². The lowest BCUT2D eigenvalue weighted by Crippen LogP contribution is -2.24. The zero-order valence-corrected chi connectivity index (χ0v) is 10.8. The maximum atomic E-state index is 11.1. The second-order valence-electron chi connectivity index (χ2n) is 3.74. The number of rotatable bonds is 7. The molecule has 0 fully saturated rings. The lowest BCUT2D eigenvalue weighted by molar-refractivity contribution is -0.143. The molecule has 16 heavy (non-hydrogen) atoms. The van der Waals surface area contributed by atoms with E-state index in [2.05, 4.69) is 21.7 Å². The van der Waals surface area contributed by atoms with Gasteiger partial charge in [0.2, 0.25) is 0 Å². The van der Waals surface area contributed by atoms with Crippen LogP contribution in [0, 0.1) is 0 Å². The fourth-order valence-corrected chi connectivity index (χ4v) is 2.09. The molecule has 0 bridgehead atoms. The molecule has 0 radical (unpaired) electrons. The zero-order chi connectivity index (χ0) is 11.8. The van der Waals surface area contributed by atoms with Crippen LogP contribution in [0.3, 0.4) is 0 Å². The Labute approximate surface area is 101 Å². The van der Waals surface area contributed by atoms with Crippen LogP contribution in [0.4, 0.5) is 0 Å². The van der Waals surface area contributed by atoms with E-state index in [9.17, 15) is 4.79 Å². The van der Waals surface area contributed by atoms with Gasteiger partial charge in [0.25, 0.3) is 0 Å². The Hall–Kier alpha value is -0.870. The number of hydrogen-bond acceptors (Lipinski definition) is 4. The Bertz CT molecular complexity index is 298. The van der Waals surface area contributed by atoms with E-state index in [-0.39, 0.29) is 5.97 Å². The summed E-state index contributed by atoms with van der Waals surface area (Å²) in [4.78, 5) is 13.3. The molecule has 0 aliphatic rings. The van der Waals surface area contributed by atoms with Gasteiger partial charge >= 0.3 is 5.97 Å². The van der Waals surface area contributed by atoms with E-state index in [0.29, 0.717) is 13.0 Å². The smallest absolute Gasteiger partial charge is 0.307 e. The van der Waals surface area contributed by atoms with Crippen molar-refractivity contribution in [3.8, 4) is 0 Å². The van der Waals surface area contributed by atoms with Crippen molar-refractivity contribution < 1.29 is 9.53 Å². The van der Waals surface area contributed by atoms with E-state index >= 15 is 0 Å². The van der Waals surface area contributed by atoms with Gasteiger partial charge in [-0.25, -0.2) is 0 Å². The number of carbonyl (C=O) groups excluding carboxylic acids is 1. The molecule has 90 valence electrons. The second-order valence-corrected chi connectivity index (χ2v) is 4.52. The molecule has 0 aromatic carbocycles. The van der Waals surface area contributed by atoms with E-state index in [4.69, 9.17) is 4.74 Å². The average molecular weight is 241 g/mol. The third-order valence-electron chi connectivity index (χ3n) is 2.37. The minimum absolute atomic E-state index is 0.107. The first-order valence-electron chi connectivity index (χ1n) is 5.57. The quantitative estimate of drug-likeness (QED) is 0.685. The molecule has 0 saturated carbocycles.